The Kier molecular flexibility index (Phi) is 7.36. The smallest absolute Gasteiger partial charge is 0.269 e. The SMILES string of the molecule is C=NN(C)CCNC(=O)c1ccc(-c2cc3cccc(-c4nc(CC)n5c4CN(C(C)=O)CC5)c3cn2)cn1. The number of nitrogens with one attached hydrogen (secondary N) is 1. The Morgan fingerprint density at radius 2 is 2.00 bits per heavy atom. The standard InChI is InChI=1S/C29H32N8O2/c1-5-27-34-28(26-18-36(19(2)38)13-14-37(26)27)22-8-6-7-20-15-25(33-17-23(20)22)21-9-10-24(32-16-21)29(39)31-11-12-35(4)30-3/h6-10,15-17H,3,5,11-14,18H2,1-2,4H3,(H,31,39). The van der Waals surface area contributed by atoms with Crippen LogP contribution in [0, 0.1) is 0 Å². The molecule has 10 heteroatoms. The van der Waals surface area contributed by atoms with Crippen molar-refractivity contribution in [1.82, 2.24) is 34.7 Å². The zero-order chi connectivity index (χ0) is 27.5. The number of likely N-dealkylation sites (N-methyl/N-ethyl adjacent to an activating group) is 1. The van der Waals surface area contributed by atoms with Gasteiger partial charge in [0.25, 0.3) is 5.91 Å². The molecule has 4 heterocycles. The lowest BCUT2D eigenvalue weighted by Crippen LogP contribution is -2.37. The minimum absolute atomic E-state index is 0.0744. The van der Waals surface area contributed by atoms with Crippen molar-refractivity contribution in [2.45, 2.75) is 33.4 Å². The summed E-state index contributed by atoms with van der Waals surface area (Å²) in [5, 5.41) is 10.3. The number of fused-ring (bicyclic) bond motifs is 2. The number of pyridine rings is 2. The molecule has 10 nitrogen and oxygen atoms in total. The van der Waals surface area contributed by atoms with Gasteiger partial charge in [0, 0.05) is 75.7 Å². The number of amides is 2. The molecule has 0 saturated carbocycles. The van der Waals surface area contributed by atoms with E-state index in [-0.39, 0.29) is 11.8 Å². The van der Waals surface area contributed by atoms with Crippen molar-refractivity contribution in [3.8, 4) is 22.5 Å². The Hall–Kier alpha value is -4.60. The van der Waals surface area contributed by atoms with E-state index in [9.17, 15) is 9.59 Å². The number of carbonyl (C=O) groups is 2. The average molecular weight is 525 g/mol. The first-order valence-electron chi connectivity index (χ1n) is 13.0. The molecule has 2 amide bonds. The number of hydrogen-bond donors (Lipinski definition) is 1. The first-order chi connectivity index (χ1) is 18.9. The molecule has 4 aromatic rings. The third kappa shape index (κ3) is 5.22. The first kappa shape index (κ1) is 26.0. The number of imidazole rings is 1. The van der Waals surface area contributed by atoms with Gasteiger partial charge in [-0.3, -0.25) is 24.6 Å². The zero-order valence-corrected chi connectivity index (χ0v) is 22.5. The van der Waals surface area contributed by atoms with E-state index in [1.165, 1.54) is 0 Å². The number of aryl methyl sites for hydroxylation is 1. The number of hydrogen-bond acceptors (Lipinski definition) is 7. The third-order valence-electron chi connectivity index (χ3n) is 7.12. The van der Waals surface area contributed by atoms with Crippen LogP contribution in [0.1, 0.15) is 35.9 Å². The second-order valence-corrected chi connectivity index (χ2v) is 9.58. The van der Waals surface area contributed by atoms with Gasteiger partial charge in [-0.15, -0.1) is 0 Å². The molecular weight excluding hydrogens is 492 g/mol. The Morgan fingerprint density at radius 3 is 2.72 bits per heavy atom. The molecule has 0 radical (unpaired) electrons. The Balaban J connectivity index is 1.42. The van der Waals surface area contributed by atoms with Gasteiger partial charge in [-0.2, -0.15) is 5.10 Å². The highest BCUT2D eigenvalue weighted by atomic mass is 16.2. The number of aromatic nitrogens is 4. The molecule has 1 aromatic carbocycles. The fraction of sp³-hybridized carbons (Fsp3) is 0.310. The average Bonchev–Trinajstić information content (AvgIpc) is 3.34. The predicted octanol–water partition coefficient (Wildman–Crippen LogP) is 3.36. The Labute approximate surface area is 227 Å². The maximum absolute atomic E-state index is 12.4. The zero-order valence-electron chi connectivity index (χ0n) is 22.5. The molecule has 1 aliphatic heterocycles. The quantitative estimate of drug-likeness (QED) is 0.280. The van der Waals surface area contributed by atoms with E-state index in [2.05, 4.69) is 45.7 Å². The van der Waals surface area contributed by atoms with E-state index in [0.717, 1.165) is 57.8 Å². The molecule has 0 fully saturated rings. The molecule has 0 unspecified atom stereocenters. The summed E-state index contributed by atoms with van der Waals surface area (Å²) in [6, 6.07) is 11.7. The van der Waals surface area contributed by atoms with Gasteiger partial charge in [0.2, 0.25) is 5.91 Å². The van der Waals surface area contributed by atoms with Crippen LogP contribution in [0.3, 0.4) is 0 Å². The minimum atomic E-state index is -0.242. The summed E-state index contributed by atoms with van der Waals surface area (Å²) in [6.07, 6.45) is 4.36. The lowest BCUT2D eigenvalue weighted by atomic mass is 10.0. The van der Waals surface area contributed by atoms with Crippen LogP contribution < -0.4 is 5.32 Å². The van der Waals surface area contributed by atoms with E-state index >= 15 is 0 Å². The van der Waals surface area contributed by atoms with Gasteiger partial charge in [-0.1, -0.05) is 25.1 Å². The summed E-state index contributed by atoms with van der Waals surface area (Å²) in [5.74, 6) is 0.864. The van der Waals surface area contributed by atoms with Crippen molar-refractivity contribution < 1.29 is 9.59 Å². The van der Waals surface area contributed by atoms with E-state index in [1.54, 1.807) is 31.2 Å². The Morgan fingerprint density at radius 1 is 1.15 bits per heavy atom. The number of nitrogens with zero attached hydrogens (tertiary/aromatic N) is 7. The van der Waals surface area contributed by atoms with Crippen molar-refractivity contribution in [1.29, 1.82) is 0 Å². The molecule has 0 saturated heterocycles. The predicted molar refractivity (Wildman–Crippen MR) is 151 cm³/mol. The van der Waals surface area contributed by atoms with Crippen molar-refractivity contribution in [3.05, 3.63) is 66.0 Å². The largest absolute Gasteiger partial charge is 0.349 e. The second-order valence-electron chi connectivity index (χ2n) is 9.58. The highest BCUT2D eigenvalue weighted by Gasteiger charge is 2.26. The van der Waals surface area contributed by atoms with Crippen molar-refractivity contribution >= 4 is 29.3 Å². The number of rotatable bonds is 8. The van der Waals surface area contributed by atoms with E-state index in [0.29, 0.717) is 31.9 Å². The number of hydrazone groups is 1. The number of carbonyl (C=O) groups excluding carboxylic acids is 2. The highest BCUT2D eigenvalue weighted by Crippen LogP contribution is 2.34. The maximum atomic E-state index is 12.4. The van der Waals surface area contributed by atoms with Gasteiger partial charge >= 0.3 is 0 Å². The summed E-state index contributed by atoms with van der Waals surface area (Å²) in [6.45, 7) is 10.2. The summed E-state index contributed by atoms with van der Waals surface area (Å²) in [5.41, 5.74) is 4.90. The molecule has 0 bridgehead atoms. The monoisotopic (exact) mass is 524 g/mol. The molecular formula is C29H32N8O2. The molecule has 5 rings (SSSR count). The van der Waals surface area contributed by atoms with Crippen LogP contribution in [0.2, 0.25) is 0 Å². The topological polar surface area (TPSA) is 109 Å². The van der Waals surface area contributed by atoms with Gasteiger partial charge in [0.05, 0.1) is 30.2 Å². The van der Waals surface area contributed by atoms with Gasteiger partial charge < -0.3 is 14.8 Å². The van der Waals surface area contributed by atoms with Crippen LogP contribution in [0.5, 0.6) is 0 Å². The molecule has 1 N–H and O–H groups in total. The summed E-state index contributed by atoms with van der Waals surface area (Å²) < 4.78 is 2.26. The summed E-state index contributed by atoms with van der Waals surface area (Å²) >= 11 is 0. The number of benzene rings is 1. The molecule has 0 aliphatic carbocycles. The fourth-order valence-electron chi connectivity index (χ4n) is 4.90. The lowest BCUT2D eigenvalue weighted by molar-refractivity contribution is -0.130. The van der Waals surface area contributed by atoms with Crippen molar-refractivity contribution in [2.24, 2.45) is 5.10 Å². The van der Waals surface area contributed by atoms with E-state index in [1.807, 2.05) is 29.3 Å². The normalized spacial score (nSPS) is 12.7. The van der Waals surface area contributed by atoms with Crippen LogP contribution >= 0.6 is 0 Å². The van der Waals surface area contributed by atoms with Gasteiger partial charge in [-0.25, -0.2) is 4.98 Å². The maximum Gasteiger partial charge on any atom is 0.269 e. The fourth-order valence-corrected chi connectivity index (χ4v) is 4.90. The molecule has 3 aromatic heterocycles. The summed E-state index contributed by atoms with van der Waals surface area (Å²) in [4.78, 5) is 40.5. The van der Waals surface area contributed by atoms with Crippen molar-refractivity contribution in [3.63, 3.8) is 0 Å². The molecule has 1 aliphatic rings. The van der Waals surface area contributed by atoms with Crippen LogP contribution in [0.4, 0.5) is 0 Å². The Bertz CT molecular complexity index is 1540. The van der Waals surface area contributed by atoms with Crippen LogP contribution in [-0.4, -0.2) is 74.6 Å². The highest BCUT2D eigenvalue weighted by molar-refractivity contribution is 5.97. The molecule has 200 valence electrons. The van der Waals surface area contributed by atoms with Gasteiger partial charge in [-0.05, 0) is 23.6 Å². The van der Waals surface area contributed by atoms with Gasteiger partial charge in [0.1, 0.15) is 11.5 Å². The second kappa shape index (κ2) is 11.0. The third-order valence-corrected chi connectivity index (χ3v) is 7.12. The molecule has 0 spiro atoms. The van der Waals surface area contributed by atoms with E-state index < -0.39 is 0 Å². The van der Waals surface area contributed by atoms with E-state index in [4.69, 9.17) is 9.97 Å². The molecule has 0 atom stereocenters. The minimum Gasteiger partial charge on any atom is -0.349 e. The van der Waals surface area contributed by atoms with Crippen molar-refractivity contribution in [2.75, 3.05) is 26.7 Å². The molecule has 39 heavy (non-hydrogen) atoms. The lowest BCUT2D eigenvalue weighted by Gasteiger charge is -2.28. The van der Waals surface area contributed by atoms with Crippen LogP contribution in [0.15, 0.2) is 53.9 Å². The van der Waals surface area contributed by atoms with Crippen LogP contribution in [-0.2, 0) is 24.3 Å². The first-order valence-corrected chi connectivity index (χ1v) is 13.0. The summed E-state index contributed by atoms with van der Waals surface area (Å²) in [7, 11) is 1.79. The van der Waals surface area contributed by atoms with Crippen LogP contribution in [0.25, 0.3) is 33.3 Å². The van der Waals surface area contributed by atoms with Gasteiger partial charge in [0.15, 0.2) is 0 Å².